The van der Waals surface area contributed by atoms with Gasteiger partial charge in [0.05, 0.1) is 33.7 Å². The molecule has 0 radical (unpaired) electrons. The molecule has 2 aromatic rings. The van der Waals surface area contributed by atoms with E-state index in [1.807, 2.05) is 12.1 Å². The summed E-state index contributed by atoms with van der Waals surface area (Å²) in [6.45, 7) is 0. The highest BCUT2D eigenvalue weighted by molar-refractivity contribution is 9.12. The lowest BCUT2D eigenvalue weighted by Crippen LogP contribution is -2.01. The Balaban J connectivity index is 2.55. The summed E-state index contributed by atoms with van der Waals surface area (Å²) in [6, 6.07) is 5.92. The minimum atomic E-state index is -0.0239. The first kappa shape index (κ1) is 17.1. The molecule has 1 unspecified atom stereocenters. The number of hydrogen-bond donors (Lipinski definition) is 0. The van der Waals surface area contributed by atoms with Gasteiger partial charge in [-0.15, -0.1) is 11.3 Å². The molecule has 21 heavy (non-hydrogen) atoms. The molecule has 0 aliphatic carbocycles. The third kappa shape index (κ3) is 3.41. The Morgan fingerprint density at radius 1 is 0.952 bits per heavy atom. The SMILES string of the molecule is COc1ccc(C(Br)c2cc(Br)sc2Br)c(OC)c1OC. The van der Waals surface area contributed by atoms with Crippen LogP contribution in [0.25, 0.3) is 0 Å². The zero-order valence-corrected chi connectivity index (χ0v) is 17.2. The highest BCUT2D eigenvalue weighted by atomic mass is 79.9. The predicted molar refractivity (Wildman–Crippen MR) is 96.6 cm³/mol. The maximum atomic E-state index is 5.54. The molecular weight excluding hydrogens is 488 g/mol. The summed E-state index contributed by atoms with van der Waals surface area (Å²) in [4.78, 5) is -0.0239. The van der Waals surface area contributed by atoms with Gasteiger partial charge in [0.1, 0.15) is 0 Å². The largest absolute Gasteiger partial charge is 0.493 e. The summed E-state index contributed by atoms with van der Waals surface area (Å²) in [6.07, 6.45) is 0. The van der Waals surface area contributed by atoms with E-state index in [9.17, 15) is 0 Å². The smallest absolute Gasteiger partial charge is 0.203 e. The van der Waals surface area contributed by atoms with E-state index in [1.54, 1.807) is 32.7 Å². The summed E-state index contributed by atoms with van der Waals surface area (Å²) in [5.41, 5.74) is 2.10. The topological polar surface area (TPSA) is 27.7 Å². The molecular formula is C14H13Br3O3S. The normalized spacial score (nSPS) is 12.1. The molecule has 0 fully saturated rings. The summed E-state index contributed by atoms with van der Waals surface area (Å²) >= 11 is 12.5. The van der Waals surface area contributed by atoms with E-state index in [-0.39, 0.29) is 4.83 Å². The first-order valence-electron chi connectivity index (χ1n) is 5.91. The van der Waals surface area contributed by atoms with E-state index in [1.165, 1.54) is 0 Å². The maximum absolute atomic E-state index is 5.54. The molecule has 0 amide bonds. The summed E-state index contributed by atoms with van der Waals surface area (Å²) in [5.74, 6) is 1.89. The van der Waals surface area contributed by atoms with Crippen LogP contribution in [0.3, 0.4) is 0 Å². The highest BCUT2D eigenvalue weighted by Crippen LogP contribution is 2.49. The number of methoxy groups -OCH3 is 3. The van der Waals surface area contributed by atoms with Gasteiger partial charge < -0.3 is 14.2 Å². The zero-order chi connectivity index (χ0) is 15.6. The number of rotatable bonds is 5. The molecule has 0 aliphatic heterocycles. The second-order valence-corrected chi connectivity index (χ2v) is 8.73. The van der Waals surface area contributed by atoms with Crippen molar-refractivity contribution in [3.05, 3.63) is 36.9 Å². The third-order valence-electron chi connectivity index (χ3n) is 2.96. The third-order valence-corrected chi connectivity index (χ3v) is 6.34. The van der Waals surface area contributed by atoms with Gasteiger partial charge in [0.2, 0.25) is 5.75 Å². The van der Waals surface area contributed by atoms with Gasteiger partial charge >= 0.3 is 0 Å². The number of ether oxygens (including phenoxy) is 3. The lowest BCUT2D eigenvalue weighted by atomic mass is 10.1. The lowest BCUT2D eigenvalue weighted by Gasteiger charge is -2.18. The molecule has 1 atom stereocenters. The van der Waals surface area contributed by atoms with E-state index in [0.717, 1.165) is 18.7 Å². The average Bonchev–Trinajstić information content (AvgIpc) is 2.83. The van der Waals surface area contributed by atoms with Gasteiger partial charge in [-0.25, -0.2) is 0 Å². The van der Waals surface area contributed by atoms with E-state index >= 15 is 0 Å². The first-order chi connectivity index (χ1) is 10.0. The van der Waals surface area contributed by atoms with Crippen molar-refractivity contribution in [2.24, 2.45) is 0 Å². The van der Waals surface area contributed by atoms with E-state index in [2.05, 4.69) is 53.9 Å². The molecule has 0 N–H and O–H groups in total. The van der Waals surface area contributed by atoms with Gasteiger partial charge in [-0.2, -0.15) is 0 Å². The van der Waals surface area contributed by atoms with Crippen LogP contribution >= 0.6 is 59.1 Å². The van der Waals surface area contributed by atoms with Crippen LogP contribution in [0.2, 0.25) is 0 Å². The van der Waals surface area contributed by atoms with Crippen molar-refractivity contribution in [2.45, 2.75) is 4.83 Å². The van der Waals surface area contributed by atoms with Crippen molar-refractivity contribution in [2.75, 3.05) is 21.3 Å². The van der Waals surface area contributed by atoms with Crippen LogP contribution in [0.1, 0.15) is 16.0 Å². The standard InChI is InChI=1S/C14H13Br3O3S/c1-18-9-5-4-7(12(19-2)13(9)20-3)11(16)8-6-10(15)21-14(8)17/h4-6,11H,1-3H3. The zero-order valence-electron chi connectivity index (χ0n) is 11.6. The maximum Gasteiger partial charge on any atom is 0.203 e. The van der Waals surface area contributed by atoms with Gasteiger partial charge in [-0.1, -0.05) is 15.9 Å². The van der Waals surface area contributed by atoms with Crippen molar-refractivity contribution >= 4 is 59.1 Å². The lowest BCUT2D eigenvalue weighted by molar-refractivity contribution is 0.322. The van der Waals surface area contributed by atoms with Crippen molar-refractivity contribution < 1.29 is 14.2 Å². The molecule has 0 spiro atoms. The van der Waals surface area contributed by atoms with E-state index in [0.29, 0.717) is 17.2 Å². The van der Waals surface area contributed by atoms with Crippen LogP contribution < -0.4 is 14.2 Å². The van der Waals surface area contributed by atoms with Gasteiger partial charge in [0.25, 0.3) is 0 Å². The Bertz CT molecular complexity index is 643. The van der Waals surface area contributed by atoms with Crippen molar-refractivity contribution in [3.8, 4) is 17.2 Å². The molecule has 1 heterocycles. The van der Waals surface area contributed by atoms with Crippen LogP contribution in [0, 0.1) is 0 Å². The number of benzene rings is 1. The van der Waals surface area contributed by atoms with Crippen LogP contribution in [0.5, 0.6) is 17.2 Å². The summed E-state index contributed by atoms with van der Waals surface area (Å²) in [5, 5.41) is 0. The van der Waals surface area contributed by atoms with Gasteiger partial charge in [-0.05, 0) is 55.6 Å². The van der Waals surface area contributed by atoms with Gasteiger partial charge in [-0.3, -0.25) is 0 Å². The fourth-order valence-corrected chi connectivity index (χ4v) is 6.10. The molecule has 1 aromatic carbocycles. The number of halogens is 3. The van der Waals surface area contributed by atoms with Crippen molar-refractivity contribution in [3.63, 3.8) is 0 Å². The molecule has 1 aromatic heterocycles. The fourth-order valence-electron chi connectivity index (χ4n) is 2.02. The Morgan fingerprint density at radius 2 is 1.62 bits per heavy atom. The molecule has 3 nitrogen and oxygen atoms in total. The fraction of sp³-hybridized carbons (Fsp3) is 0.286. The number of alkyl halides is 1. The van der Waals surface area contributed by atoms with Crippen LogP contribution in [0.4, 0.5) is 0 Å². The molecule has 7 heteroatoms. The highest BCUT2D eigenvalue weighted by Gasteiger charge is 2.24. The van der Waals surface area contributed by atoms with Crippen molar-refractivity contribution in [1.29, 1.82) is 0 Å². The first-order valence-corrected chi connectivity index (χ1v) is 9.23. The van der Waals surface area contributed by atoms with Crippen molar-refractivity contribution in [1.82, 2.24) is 0 Å². The molecule has 0 bridgehead atoms. The molecule has 0 saturated heterocycles. The van der Waals surface area contributed by atoms with Crippen LogP contribution in [0.15, 0.2) is 25.8 Å². The van der Waals surface area contributed by atoms with Crippen LogP contribution in [-0.4, -0.2) is 21.3 Å². The summed E-state index contributed by atoms with van der Waals surface area (Å²) < 4.78 is 18.4. The Hall–Kier alpha value is -0.240. The predicted octanol–water partition coefficient (Wildman–Crippen LogP) is 5.78. The Labute approximate surface area is 153 Å². The second kappa shape index (κ2) is 7.35. The van der Waals surface area contributed by atoms with Crippen LogP contribution in [-0.2, 0) is 0 Å². The minimum absolute atomic E-state index is 0.0239. The Kier molecular flexibility index (Phi) is 5.99. The van der Waals surface area contributed by atoms with Gasteiger partial charge in [0.15, 0.2) is 11.5 Å². The molecule has 2 rings (SSSR count). The minimum Gasteiger partial charge on any atom is -0.493 e. The second-order valence-electron chi connectivity index (χ2n) is 4.07. The summed E-state index contributed by atoms with van der Waals surface area (Å²) in [7, 11) is 4.83. The van der Waals surface area contributed by atoms with E-state index in [4.69, 9.17) is 14.2 Å². The quantitative estimate of drug-likeness (QED) is 0.487. The number of thiophene rings is 1. The molecule has 114 valence electrons. The molecule has 0 saturated carbocycles. The Morgan fingerprint density at radius 3 is 2.10 bits per heavy atom. The monoisotopic (exact) mass is 498 g/mol. The number of hydrogen-bond acceptors (Lipinski definition) is 4. The average molecular weight is 501 g/mol. The van der Waals surface area contributed by atoms with E-state index < -0.39 is 0 Å². The van der Waals surface area contributed by atoms with Gasteiger partial charge in [0, 0.05) is 5.56 Å². The molecule has 0 aliphatic rings.